The second kappa shape index (κ2) is 5.41. The maximum Gasteiger partial charge on any atom is 0.415 e. The Morgan fingerprint density at radius 3 is 2.35 bits per heavy atom. The number of carbonyl (C=O) groups excluding carboxylic acids is 1. The molecule has 1 atom stereocenters. The molecule has 0 heterocycles. The largest absolute Gasteiger partial charge is 0.478 e. The summed E-state index contributed by atoms with van der Waals surface area (Å²) in [5.41, 5.74) is 1.57. The lowest BCUT2D eigenvalue weighted by atomic mass is 10.0. The van der Waals surface area contributed by atoms with Crippen LogP contribution in [0.1, 0.15) is 17.3 Å². The fourth-order valence-electron chi connectivity index (χ4n) is 1.13. The van der Waals surface area contributed by atoms with Crippen molar-refractivity contribution in [3.63, 3.8) is 0 Å². The summed E-state index contributed by atoms with van der Waals surface area (Å²) in [6.07, 6.45) is -4.94. The maximum absolute atomic E-state index is 12.6. The van der Waals surface area contributed by atoms with Crippen LogP contribution in [0.5, 0.6) is 0 Å². The average molecular weight is 355 g/mol. The van der Waals surface area contributed by atoms with Crippen LogP contribution in [0.15, 0.2) is 22.7 Å². The van der Waals surface area contributed by atoms with E-state index in [1.807, 2.05) is 5.32 Å². The highest BCUT2D eigenvalue weighted by Crippen LogP contribution is 2.30. The van der Waals surface area contributed by atoms with Gasteiger partial charge in [-0.15, -0.1) is 0 Å². The number of benzene rings is 1. The van der Waals surface area contributed by atoms with Crippen LogP contribution in [-0.2, 0) is 4.79 Å². The number of hydrogen-bond acceptors (Lipinski definition) is 3. The molecule has 1 amide bonds. The van der Waals surface area contributed by atoms with Gasteiger partial charge in [-0.2, -0.15) is 13.2 Å². The predicted molar refractivity (Wildman–Crippen MR) is 68.4 cm³/mol. The molecule has 0 fully saturated rings. The van der Waals surface area contributed by atoms with Gasteiger partial charge in [0.05, 0.1) is 11.3 Å². The normalized spacial score (nSPS) is 14.5. The van der Waals surface area contributed by atoms with Gasteiger partial charge in [0.1, 0.15) is 0 Å². The molecule has 20 heavy (non-hydrogen) atoms. The van der Waals surface area contributed by atoms with Crippen molar-refractivity contribution in [2.24, 2.45) is 5.73 Å². The number of hydrogen-bond donors (Lipinski definition) is 3. The lowest BCUT2D eigenvalue weighted by Gasteiger charge is -2.26. The first-order valence-electron chi connectivity index (χ1n) is 5.16. The van der Waals surface area contributed by atoms with Crippen LogP contribution in [0.3, 0.4) is 0 Å². The van der Waals surface area contributed by atoms with Crippen LogP contribution in [0.25, 0.3) is 0 Å². The predicted octanol–water partition coefficient (Wildman–Crippen LogP) is 2.37. The molecule has 0 saturated heterocycles. The highest BCUT2D eigenvalue weighted by Gasteiger charge is 2.54. The summed E-state index contributed by atoms with van der Waals surface area (Å²) in [5.74, 6) is -2.77. The Labute approximate surface area is 120 Å². The van der Waals surface area contributed by atoms with Crippen LogP contribution in [0.4, 0.5) is 18.9 Å². The number of carbonyl (C=O) groups is 2. The molecule has 0 aliphatic rings. The van der Waals surface area contributed by atoms with Crippen molar-refractivity contribution in [3.05, 3.63) is 28.2 Å². The van der Waals surface area contributed by atoms with Gasteiger partial charge in [0.25, 0.3) is 5.91 Å². The lowest BCUT2D eigenvalue weighted by Crippen LogP contribution is -2.59. The van der Waals surface area contributed by atoms with Gasteiger partial charge in [-0.25, -0.2) is 4.79 Å². The Bertz CT molecular complexity index is 558. The molecule has 1 rings (SSSR count). The number of anilines is 1. The quantitative estimate of drug-likeness (QED) is 0.776. The van der Waals surface area contributed by atoms with E-state index < -0.39 is 23.6 Å². The van der Waals surface area contributed by atoms with E-state index >= 15 is 0 Å². The highest BCUT2D eigenvalue weighted by molar-refractivity contribution is 9.10. The van der Waals surface area contributed by atoms with Crippen molar-refractivity contribution in [2.45, 2.75) is 18.6 Å². The second-order valence-electron chi connectivity index (χ2n) is 4.15. The number of rotatable bonds is 3. The standard InChI is InChI=1S/C11H10BrF3N2O3/c1-10(16,11(13,14)15)9(20)17-7-4-5(8(18)19)2-3-6(7)12/h2-4H,16H2,1H3,(H,17,20)(H,18,19). The average Bonchev–Trinajstić information content (AvgIpc) is 2.29. The Hall–Kier alpha value is -1.61. The molecule has 4 N–H and O–H groups in total. The second-order valence-corrected chi connectivity index (χ2v) is 5.01. The number of amides is 1. The van der Waals surface area contributed by atoms with Crippen LogP contribution in [0, 0.1) is 0 Å². The number of nitrogens with two attached hydrogens (primary N) is 1. The maximum atomic E-state index is 12.6. The molecule has 9 heteroatoms. The fourth-order valence-corrected chi connectivity index (χ4v) is 1.48. The van der Waals surface area contributed by atoms with Gasteiger partial charge < -0.3 is 16.2 Å². The smallest absolute Gasteiger partial charge is 0.415 e. The molecule has 0 saturated carbocycles. The molecule has 0 spiro atoms. The molecular weight excluding hydrogens is 345 g/mol. The minimum atomic E-state index is -4.94. The lowest BCUT2D eigenvalue weighted by molar-refractivity contribution is -0.184. The zero-order valence-corrected chi connectivity index (χ0v) is 11.7. The molecule has 0 aliphatic carbocycles. The monoisotopic (exact) mass is 354 g/mol. The van der Waals surface area contributed by atoms with Crippen molar-refractivity contribution in [1.82, 2.24) is 0 Å². The SMILES string of the molecule is CC(N)(C(=O)Nc1cc(C(=O)O)ccc1Br)C(F)(F)F. The molecule has 0 bridgehead atoms. The van der Waals surface area contributed by atoms with Crippen molar-refractivity contribution in [1.29, 1.82) is 0 Å². The number of carboxylic acids is 1. The fraction of sp³-hybridized carbons (Fsp3) is 0.273. The Balaban J connectivity index is 3.08. The van der Waals surface area contributed by atoms with Crippen LogP contribution >= 0.6 is 15.9 Å². The Morgan fingerprint density at radius 2 is 1.90 bits per heavy atom. The summed E-state index contributed by atoms with van der Waals surface area (Å²) in [5, 5.41) is 10.7. The zero-order valence-electron chi connectivity index (χ0n) is 10.1. The first-order valence-corrected chi connectivity index (χ1v) is 5.96. The van der Waals surface area contributed by atoms with E-state index in [-0.39, 0.29) is 15.7 Å². The van der Waals surface area contributed by atoms with E-state index in [1.165, 1.54) is 12.1 Å². The Morgan fingerprint density at radius 1 is 1.35 bits per heavy atom. The molecule has 110 valence electrons. The van der Waals surface area contributed by atoms with Crippen molar-refractivity contribution < 1.29 is 27.9 Å². The molecule has 1 aromatic rings. The van der Waals surface area contributed by atoms with Crippen molar-refractivity contribution in [3.8, 4) is 0 Å². The van der Waals surface area contributed by atoms with Crippen LogP contribution in [0.2, 0.25) is 0 Å². The van der Waals surface area contributed by atoms with Crippen molar-refractivity contribution in [2.75, 3.05) is 5.32 Å². The highest BCUT2D eigenvalue weighted by atomic mass is 79.9. The number of alkyl halides is 3. The molecule has 1 unspecified atom stereocenters. The van der Waals surface area contributed by atoms with Gasteiger partial charge in [0.15, 0.2) is 5.54 Å². The topological polar surface area (TPSA) is 92.4 Å². The van der Waals surface area contributed by atoms with Gasteiger partial charge >= 0.3 is 12.1 Å². The van der Waals surface area contributed by atoms with E-state index in [9.17, 15) is 22.8 Å². The van der Waals surface area contributed by atoms with E-state index in [0.29, 0.717) is 6.92 Å². The van der Waals surface area contributed by atoms with Gasteiger partial charge in [0.2, 0.25) is 0 Å². The first-order chi connectivity index (χ1) is 8.96. The molecule has 1 aromatic carbocycles. The number of nitrogens with one attached hydrogen (secondary N) is 1. The van der Waals surface area contributed by atoms with E-state index in [1.54, 1.807) is 0 Å². The summed E-state index contributed by atoms with van der Waals surface area (Å²) in [4.78, 5) is 22.4. The molecular formula is C11H10BrF3N2O3. The van der Waals surface area contributed by atoms with Crippen molar-refractivity contribution >= 4 is 33.5 Å². The van der Waals surface area contributed by atoms with E-state index in [4.69, 9.17) is 10.8 Å². The van der Waals surface area contributed by atoms with Gasteiger partial charge in [-0.05, 0) is 41.1 Å². The molecule has 0 aliphatic heterocycles. The number of aromatic carboxylic acids is 1. The van der Waals surface area contributed by atoms with Gasteiger partial charge in [0, 0.05) is 4.47 Å². The number of halogens is 4. The van der Waals surface area contributed by atoms with Crippen LogP contribution in [-0.4, -0.2) is 28.7 Å². The van der Waals surface area contributed by atoms with Gasteiger partial charge in [-0.3, -0.25) is 4.79 Å². The summed E-state index contributed by atoms with van der Waals surface area (Å²) in [7, 11) is 0. The minimum absolute atomic E-state index is 0.115. The van der Waals surface area contributed by atoms with E-state index in [0.717, 1.165) is 6.07 Å². The number of carboxylic acid groups (broad SMARTS) is 1. The third-order valence-electron chi connectivity index (χ3n) is 2.52. The third-order valence-corrected chi connectivity index (χ3v) is 3.21. The van der Waals surface area contributed by atoms with Gasteiger partial charge in [-0.1, -0.05) is 0 Å². The molecule has 5 nitrogen and oxygen atoms in total. The Kier molecular flexibility index (Phi) is 4.45. The summed E-state index contributed by atoms with van der Waals surface area (Å²) >= 11 is 3.00. The molecule has 0 radical (unpaired) electrons. The first kappa shape index (κ1) is 16.4. The van der Waals surface area contributed by atoms with Crippen LogP contribution < -0.4 is 11.1 Å². The van der Waals surface area contributed by atoms with E-state index in [2.05, 4.69) is 15.9 Å². The summed E-state index contributed by atoms with van der Waals surface area (Å²) < 4.78 is 38.0. The summed E-state index contributed by atoms with van der Waals surface area (Å²) in [6, 6.07) is 3.55. The summed E-state index contributed by atoms with van der Waals surface area (Å²) in [6.45, 7) is 0.525. The minimum Gasteiger partial charge on any atom is -0.478 e. The third kappa shape index (κ3) is 3.28. The zero-order chi connectivity index (χ0) is 15.7. The molecule has 0 aromatic heterocycles.